The van der Waals surface area contributed by atoms with Crippen molar-refractivity contribution >= 4 is 22.7 Å². The number of benzene rings is 2. The van der Waals surface area contributed by atoms with Crippen LogP contribution < -0.4 is 5.56 Å². The number of nitrogens with one attached hydrogen (secondary N) is 1. The van der Waals surface area contributed by atoms with E-state index in [-0.39, 0.29) is 16.8 Å². The number of carbonyl (C=O) groups is 2. The minimum absolute atomic E-state index is 0.0128. The molecule has 0 bridgehead atoms. The van der Waals surface area contributed by atoms with Crippen LogP contribution in [-0.4, -0.2) is 22.8 Å². The van der Waals surface area contributed by atoms with Crippen LogP contribution in [0.2, 0.25) is 0 Å². The Hall–Kier alpha value is -3.21. The zero-order chi connectivity index (χ0) is 20.5. The lowest BCUT2D eigenvalue weighted by atomic mass is 9.86. The fraction of sp³-hybridized carbons (Fsp3) is 0.261. The summed E-state index contributed by atoms with van der Waals surface area (Å²) >= 11 is 0. The number of Topliss-reactive ketones (excluding diaryl/α,β-unsaturated/α-hetero) is 1. The monoisotopic (exact) mass is 377 g/mol. The summed E-state index contributed by atoms with van der Waals surface area (Å²) in [7, 11) is 0. The van der Waals surface area contributed by atoms with Gasteiger partial charge in [0.25, 0.3) is 0 Å². The van der Waals surface area contributed by atoms with Crippen LogP contribution in [0, 0.1) is 0 Å². The van der Waals surface area contributed by atoms with Crippen molar-refractivity contribution in [3.8, 4) is 0 Å². The van der Waals surface area contributed by atoms with E-state index in [9.17, 15) is 14.4 Å². The molecule has 0 aliphatic heterocycles. The van der Waals surface area contributed by atoms with Gasteiger partial charge in [-0.1, -0.05) is 63.2 Å². The van der Waals surface area contributed by atoms with Crippen molar-refractivity contribution in [1.82, 2.24) is 4.98 Å². The molecule has 5 nitrogen and oxygen atoms in total. The molecule has 5 heteroatoms. The fourth-order valence-corrected chi connectivity index (χ4v) is 3.02. The zero-order valence-electron chi connectivity index (χ0n) is 16.4. The Morgan fingerprint density at radius 3 is 2.29 bits per heavy atom. The number of rotatable bonds is 4. The van der Waals surface area contributed by atoms with Crippen LogP contribution in [0.5, 0.6) is 0 Å². The molecule has 0 amide bonds. The van der Waals surface area contributed by atoms with Gasteiger partial charge in [0.1, 0.15) is 0 Å². The highest BCUT2D eigenvalue weighted by Gasteiger charge is 2.23. The summed E-state index contributed by atoms with van der Waals surface area (Å²) in [5, 5.41) is 0.571. The standard InChI is InChI=1S/C23H23NO4/c1-14(21(26)15-9-11-16(12-10-15)23(2,3)4)28-22(27)18-13-20(25)24-19-8-6-5-7-17(18)19/h5-14H,1-4H3,(H,24,25)/t14-/m0/s1. The average Bonchev–Trinajstić information content (AvgIpc) is 2.66. The normalized spacial score (nSPS) is 12.6. The van der Waals surface area contributed by atoms with Gasteiger partial charge in [0.15, 0.2) is 6.10 Å². The largest absolute Gasteiger partial charge is 0.451 e. The van der Waals surface area contributed by atoms with Gasteiger partial charge in [-0.15, -0.1) is 0 Å². The average molecular weight is 377 g/mol. The second-order valence-corrected chi connectivity index (χ2v) is 7.83. The molecule has 0 aliphatic carbocycles. The summed E-state index contributed by atoms with van der Waals surface area (Å²) in [4.78, 5) is 39.8. The molecule has 1 atom stereocenters. The van der Waals surface area contributed by atoms with Crippen molar-refractivity contribution in [3.05, 3.63) is 81.6 Å². The second kappa shape index (κ2) is 7.43. The Bertz CT molecular complexity index is 1090. The molecule has 144 valence electrons. The van der Waals surface area contributed by atoms with Crippen LogP contribution in [0.1, 0.15) is 54.0 Å². The molecule has 0 saturated carbocycles. The first-order valence-corrected chi connectivity index (χ1v) is 9.14. The van der Waals surface area contributed by atoms with E-state index in [0.29, 0.717) is 16.5 Å². The molecule has 1 aromatic heterocycles. The smallest absolute Gasteiger partial charge is 0.339 e. The van der Waals surface area contributed by atoms with Crippen molar-refractivity contribution in [2.24, 2.45) is 0 Å². The molecule has 0 unspecified atom stereocenters. The van der Waals surface area contributed by atoms with E-state index in [1.165, 1.54) is 13.0 Å². The van der Waals surface area contributed by atoms with Gasteiger partial charge in [0.05, 0.1) is 5.56 Å². The number of aromatic amines is 1. The highest BCUT2D eigenvalue weighted by atomic mass is 16.5. The van der Waals surface area contributed by atoms with Gasteiger partial charge < -0.3 is 9.72 Å². The van der Waals surface area contributed by atoms with Crippen LogP contribution >= 0.6 is 0 Å². The number of H-pyrrole nitrogens is 1. The number of carbonyl (C=O) groups excluding carboxylic acids is 2. The lowest BCUT2D eigenvalue weighted by Gasteiger charge is -2.19. The lowest BCUT2D eigenvalue weighted by Crippen LogP contribution is -2.25. The number of fused-ring (bicyclic) bond motifs is 1. The van der Waals surface area contributed by atoms with Crippen LogP contribution in [0.25, 0.3) is 10.9 Å². The summed E-state index contributed by atoms with van der Waals surface area (Å²) in [6, 6.07) is 15.5. The number of ketones is 1. The summed E-state index contributed by atoms with van der Waals surface area (Å²) in [5.74, 6) is -0.989. The van der Waals surface area contributed by atoms with E-state index in [1.54, 1.807) is 36.4 Å². The molecule has 0 spiro atoms. The third-order valence-electron chi connectivity index (χ3n) is 4.66. The molecule has 3 aromatic rings. The van der Waals surface area contributed by atoms with Crippen molar-refractivity contribution < 1.29 is 14.3 Å². The van der Waals surface area contributed by atoms with Crippen molar-refractivity contribution in [2.75, 3.05) is 0 Å². The Morgan fingerprint density at radius 1 is 1.00 bits per heavy atom. The minimum atomic E-state index is -0.967. The van der Waals surface area contributed by atoms with E-state index in [0.717, 1.165) is 5.56 Å². The predicted molar refractivity (Wildman–Crippen MR) is 109 cm³/mol. The van der Waals surface area contributed by atoms with Crippen LogP contribution in [0.15, 0.2) is 59.4 Å². The van der Waals surface area contributed by atoms with E-state index >= 15 is 0 Å². The van der Waals surface area contributed by atoms with Gasteiger partial charge in [0.2, 0.25) is 11.3 Å². The molecular formula is C23H23NO4. The SMILES string of the molecule is C[C@H](OC(=O)c1cc(=O)[nH]c2ccccc12)C(=O)c1ccc(C(C)(C)C)cc1. The van der Waals surface area contributed by atoms with Gasteiger partial charge in [-0.25, -0.2) is 4.79 Å². The van der Waals surface area contributed by atoms with Crippen molar-refractivity contribution in [1.29, 1.82) is 0 Å². The Balaban J connectivity index is 1.81. The number of ether oxygens (including phenoxy) is 1. The Kier molecular flexibility index (Phi) is 5.18. The maximum Gasteiger partial charge on any atom is 0.339 e. The van der Waals surface area contributed by atoms with Gasteiger partial charge in [-0.2, -0.15) is 0 Å². The zero-order valence-corrected chi connectivity index (χ0v) is 16.4. The van der Waals surface area contributed by atoms with Gasteiger partial charge in [-0.05, 0) is 24.0 Å². The fourth-order valence-electron chi connectivity index (χ4n) is 3.02. The maximum atomic E-state index is 12.7. The predicted octanol–water partition coefficient (Wildman–Crippen LogP) is 4.25. The first-order valence-electron chi connectivity index (χ1n) is 9.14. The first-order chi connectivity index (χ1) is 13.2. The molecule has 3 rings (SSSR count). The van der Waals surface area contributed by atoms with E-state index < -0.39 is 17.6 Å². The van der Waals surface area contributed by atoms with Gasteiger partial charge in [-0.3, -0.25) is 9.59 Å². The third-order valence-corrected chi connectivity index (χ3v) is 4.66. The molecule has 0 aliphatic rings. The van der Waals surface area contributed by atoms with Crippen LogP contribution in [0.3, 0.4) is 0 Å². The topological polar surface area (TPSA) is 76.2 Å². The number of pyridine rings is 1. The summed E-state index contributed by atoms with van der Waals surface area (Å²) in [6.45, 7) is 7.83. The Labute approximate surface area is 163 Å². The highest BCUT2D eigenvalue weighted by Crippen LogP contribution is 2.23. The van der Waals surface area contributed by atoms with E-state index in [1.807, 2.05) is 12.1 Å². The summed E-state index contributed by atoms with van der Waals surface area (Å²) in [6.07, 6.45) is -0.967. The molecule has 2 aromatic carbocycles. The van der Waals surface area contributed by atoms with Crippen LogP contribution in [-0.2, 0) is 10.2 Å². The highest BCUT2D eigenvalue weighted by molar-refractivity contribution is 6.05. The van der Waals surface area contributed by atoms with Crippen molar-refractivity contribution in [3.63, 3.8) is 0 Å². The minimum Gasteiger partial charge on any atom is -0.451 e. The number of hydrogen-bond donors (Lipinski definition) is 1. The van der Waals surface area contributed by atoms with E-state index in [4.69, 9.17) is 4.74 Å². The second-order valence-electron chi connectivity index (χ2n) is 7.83. The number of esters is 1. The molecule has 1 heterocycles. The summed E-state index contributed by atoms with van der Waals surface area (Å²) < 4.78 is 5.37. The molecular weight excluding hydrogens is 354 g/mol. The number of aromatic nitrogens is 1. The van der Waals surface area contributed by atoms with Gasteiger partial charge >= 0.3 is 5.97 Å². The molecule has 0 saturated heterocycles. The molecule has 28 heavy (non-hydrogen) atoms. The number of para-hydroxylation sites is 1. The molecule has 1 N–H and O–H groups in total. The van der Waals surface area contributed by atoms with Gasteiger partial charge in [0, 0.05) is 22.5 Å². The summed E-state index contributed by atoms with van der Waals surface area (Å²) in [5.41, 5.74) is 1.86. The first kappa shape index (κ1) is 19.5. The third kappa shape index (κ3) is 4.03. The number of hydrogen-bond acceptors (Lipinski definition) is 4. The van der Waals surface area contributed by atoms with Crippen LogP contribution in [0.4, 0.5) is 0 Å². The van der Waals surface area contributed by atoms with Crippen molar-refractivity contribution in [2.45, 2.75) is 39.2 Å². The molecule has 0 radical (unpaired) electrons. The maximum absolute atomic E-state index is 12.7. The quantitative estimate of drug-likeness (QED) is 0.545. The Morgan fingerprint density at radius 2 is 1.64 bits per heavy atom. The lowest BCUT2D eigenvalue weighted by molar-refractivity contribution is 0.0320. The molecule has 0 fully saturated rings. The van der Waals surface area contributed by atoms with E-state index in [2.05, 4.69) is 25.8 Å².